The number of hydrogen-bond acceptors (Lipinski definition) is 4. The Hall–Kier alpha value is -3.33. The average Bonchev–Trinajstić information content (AvgIpc) is 2.96. The molecule has 0 saturated carbocycles. The molecule has 0 bridgehead atoms. The van der Waals surface area contributed by atoms with E-state index in [0.717, 1.165) is 36.3 Å². The van der Waals surface area contributed by atoms with Crippen molar-refractivity contribution in [1.29, 1.82) is 5.26 Å². The topological polar surface area (TPSA) is 84.1 Å². The van der Waals surface area contributed by atoms with E-state index >= 15 is 0 Å². The van der Waals surface area contributed by atoms with E-state index in [4.69, 9.17) is 4.74 Å². The highest BCUT2D eigenvalue weighted by molar-refractivity contribution is 6.00. The maximum absolute atomic E-state index is 12.2. The van der Waals surface area contributed by atoms with Crippen LogP contribution in [0.4, 0.5) is 5.69 Å². The standard InChI is InChI=1S/C22H25N3O3/c1-4-5-11-25-16(2)12-18(17(25)3)13-19(14-23)22(27)28-15-21(26)24-20-9-7-6-8-10-20/h6-10,12-13H,4-5,11,15H2,1-3H3,(H,24,26)/b19-13+. The van der Waals surface area contributed by atoms with E-state index in [-0.39, 0.29) is 5.57 Å². The van der Waals surface area contributed by atoms with E-state index in [0.29, 0.717) is 5.69 Å². The molecule has 6 heteroatoms. The summed E-state index contributed by atoms with van der Waals surface area (Å²) in [5, 5.41) is 12.0. The van der Waals surface area contributed by atoms with Crippen LogP contribution in [0.5, 0.6) is 0 Å². The minimum atomic E-state index is -0.816. The number of para-hydroxylation sites is 1. The summed E-state index contributed by atoms with van der Waals surface area (Å²) >= 11 is 0. The van der Waals surface area contributed by atoms with Gasteiger partial charge in [-0.1, -0.05) is 31.5 Å². The van der Waals surface area contributed by atoms with Crippen molar-refractivity contribution in [3.63, 3.8) is 0 Å². The van der Waals surface area contributed by atoms with Gasteiger partial charge in [0.2, 0.25) is 0 Å². The van der Waals surface area contributed by atoms with Gasteiger partial charge in [0.05, 0.1) is 0 Å². The third-order valence-electron chi connectivity index (χ3n) is 4.38. The molecule has 1 N–H and O–H groups in total. The number of esters is 1. The molecule has 0 fully saturated rings. The highest BCUT2D eigenvalue weighted by atomic mass is 16.5. The van der Waals surface area contributed by atoms with E-state index in [1.807, 2.05) is 32.0 Å². The number of ether oxygens (including phenoxy) is 1. The van der Waals surface area contributed by atoms with Gasteiger partial charge in [-0.2, -0.15) is 5.26 Å². The van der Waals surface area contributed by atoms with Crippen molar-refractivity contribution < 1.29 is 14.3 Å². The van der Waals surface area contributed by atoms with Gasteiger partial charge in [0.15, 0.2) is 6.61 Å². The summed E-state index contributed by atoms with van der Waals surface area (Å²) in [6.07, 6.45) is 3.66. The van der Waals surface area contributed by atoms with Gasteiger partial charge in [0.1, 0.15) is 11.6 Å². The van der Waals surface area contributed by atoms with Crippen molar-refractivity contribution in [2.75, 3.05) is 11.9 Å². The number of benzene rings is 1. The fraction of sp³-hybridized carbons (Fsp3) is 0.318. The van der Waals surface area contributed by atoms with Gasteiger partial charge >= 0.3 is 5.97 Å². The number of nitrogens with one attached hydrogen (secondary N) is 1. The average molecular weight is 379 g/mol. The lowest BCUT2D eigenvalue weighted by Crippen LogP contribution is -2.21. The molecule has 0 aliphatic heterocycles. The zero-order chi connectivity index (χ0) is 20.5. The zero-order valence-electron chi connectivity index (χ0n) is 16.5. The summed E-state index contributed by atoms with van der Waals surface area (Å²) in [7, 11) is 0. The third-order valence-corrected chi connectivity index (χ3v) is 4.38. The van der Waals surface area contributed by atoms with E-state index < -0.39 is 18.5 Å². The summed E-state index contributed by atoms with van der Waals surface area (Å²) < 4.78 is 7.16. The third kappa shape index (κ3) is 5.58. The van der Waals surface area contributed by atoms with Crippen LogP contribution in [0.25, 0.3) is 6.08 Å². The number of amides is 1. The number of rotatable bonds is 8. The molecule has 0 saturated heterocycles. The number of anilines is 1. The SMILES string of the molecule is CCCCn1c(C)cc(/C=C(\C#N)C(=O)OCC(=O)Nc2ccccc2)c1C. The summed E-state index contributed by atoms with van der Waals surface area (Å²) in [5.41, 5.74) is 3.34. The molecule has 1 aromatic heterocycles. The second kappa shape index (κ2) is 10.1. The molecule has 6 nitrogen and oxygen atoms in total. The fourth-order valence-electron chi connectivity index (χ4n) is 2.85. The van der Waals surface area contributed by atoms with Crippen LogP contribution in [0, 0.1) is 25.2 Å². The van der Waals surface area contributed by atoms with Crippen LogP contribution in [0.2, 0.25) is 0 Å². The predicted octanol–water partition coefficient (Wildman–Crippen LogP) is 3.99. The summed E-state index contributed by atoms with van der Waals surface area (Å²) in [4.78, 5) is 24.1. The van der Waals surface area contributed by atoms with Crippen molar-refractivity contribution in [2.45, 2.75) is 40.2 Å². The maximum Gasteiger partial charge on any atom is 0.349 e. The molecule has 0 atom stereocenters. The lowest BCUT2D eigenvalue weighted by Gasteiger charge is -2.08. The van der Waals surface area contributed by atoms with Gasteiger partial charge in [0.25, 0.3) is 5.91 Å². The number of carbonyl (C=O) groups excluding carboxylic acids is 2. The zero-order valence-corrected chi connectivity index (χ0v) is 16.5. The van der Waals surface area contributed by atoms with E-state index in [2.05, 4.69) is 16.8 Å². The number of unbranched alkanes of at least 4 members (excludes halogenated alkanes) is 1. The largest absolute Gasteiger partial charge is 0.451 e. The van der Waals surface area contributed by atoms with Gasteiger partial charge in [-0.25, -0.2) is 4.79 Å². The maximum atomic E-state index is 12.2. The molecule has 1 aromatic carbocycles. The highest BCUT2D eigenvalue weighted by Crippen LogP contribution is 2.19. The van der Waals surface area contributed by atoms with Gasteiger partial charge in [0, 0.05) is 23.6 Å². The van der Waals surface area contributed by atoms with Gasteiger partial charge < -0.3 is 14.6 Å². The number of nitrogens with zero attached hydrogens (tertiary/aromatic N) is 2. The van der Waals surface area contributed by atoms with Gasteiger partial charge in [-0.3, -0.25) is 4.79 Å². The number of aromatic nitrogens is 1. The van der Waals surface area contributed by atoms with Crippen molar-refractivity contribution in [2.24, 2.45) is 0 Å². The van der Waals surface area contributed by atoms with E-state index in [1.54, 1.807) is 24.3 Å². The van der Waals surface area contributed by atoms with Crippen LogP contribution in [-0.4, -0.2) is 23.1 Å². The lowest BCUT2D eigenvalue weighted by atomic mass is 10.1. The number of hydrogen-bond donors (Lipinski definition) is 1. The van der Waals surface area contributed by atoms with Crippen LogP contribution in [-0.2, 0) is 20.9 Å². The van der Waals surface area contributed by atoms with Crippen LogP contribution in [0.1, 0.15) is 36.7 Å². The summed E-state index contributed by atoms with van der Waals surface area (Å²) in [6, 6.07) is 12.7. The van der Waals surface area contributed by atoms with Gasteiger partial charge in [-0.15, -0.1) is 0 Å². The van der Waals surface area contributed by atoms with Gasteiger partial charge in [-0.05, 0) is 50.1 Å². The number of carbonyl (C=O) groups is 2. The van der Waals surface area contributed by atoms with E-state index in [9.17, 15) is 14.9 Å². The van der Waals surface area contributed by atoms with E-state index in [1.165, 1.54) is 6.08 Å². The van der Waals surface area contributed by atoms with Crippen LogP contribution in [0.15, 0.2) is 42.0 Å². The predicted molar refractivity (Wildman–Crippen MR) is 108 cm³/mol. The summed E-state index contributed by atoms with van der Waals surface area (Å²) in [5.74, 6) is -1.28. The minimum absolute atomic E-state index is 0.136. The molecule has 1 heterocycles. The van der Waals surface area contributed by atoms with Crippen LogP contribution in [0.3, 0.4) is 0 Å². The van der Waals surface area contributed by atoms with Crippen LogP contribution < -0.4 is 5.32 Å². The molecule has 146 valence electrons. The van der Waals surface area contributed by atoms with Crippen LogP contribution >= 0.6 is 0 Å². The Labute approximate surface area is 165 Å². The fourth-order valence-corrected chi connectivity index (χ4v) is 2.85. The minimum Gasteiger partial charge on any atom is -0.451 e. The molecule has 28 heavy (non-hydrogen) atoms. The quantitative estimate of drug-likeness (QED) is 0.427. The first-order valence-electron chi connectivity index (χ1n) is 9.26. The Morgan fingerprint density at radius 1 is 1.25 bits per heavy atom. The first-order valence-corrected chi connectivity index (χ1v) is 9.26. The molecule has 2 aromatic rings. The first kappa shape index (κ1) is 21.0. The first-order chi connectivity index (χ1) is 13.5. The van der Waals surface area contributed by atoms with Crippen molar-refractivity contribution in [3.05, 3.63) is 58.9 Å². The second-order valence-electron chi connectivity index (χ2n) is 6.49. The Morgan fingerprint density at radius 3 is 2.61 bits per heavy atom. The van der Waals surface area contributed by atoms with Crippen molar-refractivity contribution in [1.82, 2.24) is 4.57 Å². The molecule has 0 unspecified atom stereocenters. The smallest absolute Gasteiger partial charge is 0.349 e. The highest BCUT2D eigenvalue weighted by Gasteiger charge is 2.15. The summed E-state index contributed by atoms with van der Waals surface area (Å²) in [6.45, 7) is 6.53. The molecule has 0 aliphatic carbocycles. The molecule has 0 radical (unpaired) electrons. The van der Waals surface area contributed by atoms with Crippen molar-refractivity contribution >= 4 is 23.6 Å². The molecule has 0 aliphatic rings. The monoisotopic (exact) mass is 379 g/mol. The lowest BCUT2D eigenvalue weighted by molar-refractivity contribution is -0.142. The number of nitriles is 1. The molecule has 2 rings (SSSR count). The number of aryl methyl sites for hydroxylation is 1. The second-order valence-corrected chi connectivity index (χ2v) is 6.49. The molecule has 0 spiro atoms. The Kier molecular flexibility index (Phi) is 7.58. The molecule has 1 amide bonds. The normalized spacial score (nSPS) is 11.0. The van der Waals surface area contributed by atoms with Crippen molar-refractivity contribution in [3.8, 4) is 6.07 Å². The Bertz CT molecular complexity index is 905. The Balaban J connectivity index is 2.03. The molecular formula is C22H25N3O3. The molecular weight excluding hydrogens is 354 g/mol. The Morgan fingerprint density at radius 2 is 1.96 bits per heavy atom.